The van der Waals surface area contributed by atoms with E-state index in [0.29, 0.717) is 6.04 Å². The number of hydrogen-bond acceptors (Lipinski definition) is 3. The Bertz CT molecular complexity index is 679. The summed E-state index contributed by atoms with van der Waals surface area (Å²) in [5.41, 5.74) is 5.20. The molecule has 5 nitrogen and oxygen atoms in total. The molecule has 0 amide bonds. The van der Waals surface area contributed by atoms with Gasteiger partial charge in [-0.1, -0.05) is 17.7 Å². The SMILES string of the molecule is Cc1cc(C)c(N2C=CN(CCN(C)C(=NC(C)C)NC(C)C)[CH-]2)c(C)c1.[Cl][Cu+]. The zero-order chi connectivity index (χ0) is 22.1. The molecule has 1 heterocycles. The average molecular weight is 470 g/mol. The molecule has 2 rings (SSSR count). The van der Waals surface area contributed by atoms with Gasteiger partial charge < -0.3 is 20.0 Å². The number of halogens is 1. The summed E-state index contributed by atoms with van der Waals surface area (Å²) in [6, 6.07) is 5.13. The van der Waals surface area contributed by atoms with E-state index < -0.39 is 0 Å². The van der Waals surface area contributed by atoms with Crippen molar-refractivity contribution in [2.24, 2.45) is 4.99 Å². The fraction of sp³-hybridized carbons (Fsp3) is 0.545. The summed E-state index contributed by atoms with van der Waals surface area (Å²) < 4.78 is 0. The maximum atomic E-state index is 4.73. The van der Waals surface area contributed by atoms with Gasteiger partial charge in [0.25, 0.3) is 0 Å². The summed E-state index contributed by atoms with van der Waals surface area (Å²) in [6.07, 6.45) is 4.28. The number of benzene rings is 1. The van der Waals surface area contributed by atoms with Gasteiger partial charge in [0.2, 0.25) is 0 Å². The molecule has 0 unspecified atom stereocenters. The van der Waals surface area contributed by atoms with Crippen molar-refractivity contribution >= 4 is 21.7 Å². The standard InChI is InChI=1S/C22H36N5.ClH.Cu/c1-16(2)23-22(24-17(3)4)25(8)9-10-26-11-12-27(15-26)21-19(6)13-18(5)14-20(21)7;;/h11-17H,9-10H2,1-8H3,(H,23,24);1H;/q-1;;+2/p-1. The van der Waals surface area contributed by atoms with Crippen LogP contribution in [0.25, 0.3) is 0 Å². The van der Waals surface area contributed by atoms with Crippen LogP contribution in [0.4, 0.5) is 5.69 Å². The normalized spacial score (nSPS) is 13.9. The van der Waals surface area contributed by atoms with Crippen LogP contribution in [0.15, 0.2) is 29.5 Å². The molecule has 1 aliphatic rings. The van der Waals surface area contributed by atoms with Gasteiger partial charge in [-0.05, 0) is 72.0 Å². The molecule has 0 spiro atoms. The van der Waals surface area contributed by atoms with E-state index in [4.69, 9.17) is 4.99 Å². The fourth-order valence-electron chi connectivity index (χ4n) is 3.36. The van der Waals surface area contributed by atoms with Crippen LogP contribution < -0.4 is 10.2 Å². The number of rotatable bonds is 6. The van der Waals surface area contributed by atoms with Crippen molar-refractivity contribution in [1.29, 1.82) is 0 Å². The van der Waals surface area contributed by atoms with Gasteiger partial charge in [-0.25, -0.2) is 0 Å². The number of anilines is 1. The topological polar surface area (TPSA) is 34.1 Å². The van der Waals surface area contributed by atoms with E-state index >= 15 is 0 Å². The summed E-state index contributed by atoms with van der Waals surface area (Å²) in [5.74, 6) is 0.963. The minimum absolute atomic E-state index is 0.273. The van der Waals surface area contributed by atoms with Gasteiger partial charge in [0.1, 0.15) is 0 Å². The van der Waals surface area contributed by atoms with Crippen molar-refractivity contribution < 1.29 is 15.1 Å². The second-order valence-corrected chi connectivity index (χ2v) is 8.07. The Morgan fingerprint density at radius 2 is 1.72 bits per heavy atom. The molecule has 0 atom stereocenters. The number of guanidine groups is 1. The van der Waals surface area contributed by atoms with Gasteiger partial charge in [0.05, 0.1) is 0 Å². The average Bonchev–Trinajstić information content (AvgIpc) is 3.07. The number of hydrogen-bond donors (Lipinski definition) is 1. The van der Waals surface area contributed by atoms with Crippen molar-refractivity contribution in [2.45, 2.75) is 60.5 Å². The molecule has 0 saturated carbocycles. The molecular formula is C22H36ClCuN5. The molecule has 7 heteroatoms. The summed E-state index contributed by atoms with van der Waals surface area (Å²) in [4.78, 5) is 11.4. The molecule has 1 aromatic rings. The maximum absolute atomic E-state index is 4.73. The third-order valence-corrected chi connectivity index (χ3v) is 4.44. The van der Waals surface area contributed by atoms with Crippen LogP contribution in [0.1, 0.15) is 44.4 Å². The van der Waals surface area contributed by atoms with Crippen molar-refractivity contribution in [3.8, 4) is 0 Å². The Morgan fingerprint density at radius 3 is 2.24 bits per heavy atom. The van der Waals surface area contributed by atoms with Crippen molar-refractivity contribution in [3.05, 3.63) is 47.9 Å². The first-order valence-corrected chi connectivity index (χ1v) is 11.3. The Hall–Kier alpha value is -1.36. The quantitative estimate of drug-likeness (QED) is 0.283. The van der Waals surface area contributed by atoms with Crippen LogP contribution in [-0.2, 0) is 15.1 Å². The molecule has 0 aromatic heterocycles. The molecule has 1 N–H and O–H groups in total. The molecular weight excluding hydrogens is 433 g/mol. The van der Waals surface area contributed by atoms with Gasteiger partial charge in [-0.15, -0.1) is 0 Å². The molecule has 167 valence electrons. The second kappa shape index (κ2) is 12.4. The van der Waals surface area contributed by atoms with Crippen LogP contribution >= 0.6 is 10.1 Å². The first-order valence-electron chi connectivity index (χ1n) is 9.99. The Morgan fingerprint density at radius 1 is 1.14 bits per heavy atom. The van der Waals surface area contributed by atoms with Gasteiger partial charge in [-0.2, -0.15) is 6.67 Å². The predicted molar refractivity (Wildman–Crippen MR) is 123 cm³/mol. The van der Waals surface area contributed by atoms with Crippen molar-refractivity contribution in [3.63, 3.8) is 0 Å². The molecule has 1 aromatic carbocycles. The zero-order valence-electron chi connectivity index (χ0n) is 18.9. The Kier molecular flexibility index (Phi) is 10.9. The first kappa shape index (κ1) is 25.7. The molecule has 0 saturated heterocycles. The van der Waals surface area contributed by atoms with E-state index in [1.54, 1.807) is 0 Å². The van der Waals surface area contributed by atoms with E-state index in [0.717, 1.165) is 19.0 Å². The van der Waals surface area contributed by atoms with Crippen LogP contribution in [0.2, 0.25) is 0 Å². The summed E-state index contributed by atoms with van der Waals surface area (Å²) >= 11 is 3.66. The predicted octanol–water partition coefficient (Wildman–Crippen LogP) is 4.71. The summed E-state index contributed by atoms with van der Waals surface area (Å²) in [5, 5.41) is 3.46. The van der Waals surface area contributed by atoms with E-state index in [2.05, 4.69) is 132 Å². The third-order valence-electron chi connectivity index (χ3n) is 4.44. The van der Waals surface area contributed by atoms with E-state index in [1.807, 2.05) is 0 Å². The number of nitrogens with one attached hydrogen (secondary N) is 1. The van der Waals surface area contributed by atoms with Crippen molar-refractivity contribution in [2.75, 3.05) is 25.0 Å². The third kappa shape index (κ3) is 8.12. The molecule has 1 aliphatic heterocycles. The summed E-state index contributed by atoms with van der Waals surface area (Å²) in [7, 11) is 6.30. The van der Waals surface area contributed by atoms with Gasteiger partial charge >= 0.3 is 25.2 Å². The summed E-state index contributed by atoms with van der Waals surface area (Å²) in [6.45, 7) is 19.0. The van der Waals surface area contributed by atoms with Gasteiger partial charge in [-0.3, -0.25) is 4.99 Å². The van der Waals surface area contributed by atoms with Crippen LogP contribution in [0.5, 0.6) is 0 Å². The van der Waals surface area contributed by atoms with E-state index in [9.17, 15) is 0 Å². The molecule has 0 bridgehead atoms. The number of likely N-dealkylation sites (N-methyl/N-ethyl adjacent to an activating group) is 1. The van der Waals surface area contributed by atoms with E-state index in [1.165, 1.54) is 22.4 Å². The van der Waals surface area contributed by atoms with Gasteiger partial charge in [0, 0.05) is 37.9 Å². The first-order chi connectivity index (χ1) is 13.7. The number of aryl methyl sites for hydroxylation is 3. The Labute approximate surface area is 190 Å². The minimum atomic E-state index is 0.273. The monoisotopic (exact) mass is 468 g/mol. The fourth-order valence-corrected chi connectivity index (χ4v) is 3.36. The van der Waals surface area contributed by atoms with Crippen LogP contribution in [-0.4, -0.2) is 48.0 Å². The van der Waals surface area contributed by atoms with Crippen LogP contribution in [0, 0.1) is 27.4 Å². The molecule has 0 aliphatic carbocycles. The molecule has 0 radical (unpaired) electrons. The number of aliphatic imine (C=N–C) groups is 1. The van der Waals surface area contributed by atoms with Crippen LogP contribution in [0.3, 0.4) is 0 Å². The number of nitrogens with zero attached hydrogens (tertiary/aromatic N) is 4. The molecule has 0 fully saturated rings. The zero-order valence-corrected chi connectivity index (χ0v) is 20.6. The second-order valence-electron chi connectivity index (χ2n) is 8.07. The van der Waals surface area contributed by atoms with E-state index in [-0.39, 0.29) is 6.04 Å². The van der Waals surface area contributed by atoms with Gasteiger partial charge in [0.15, 0.2) is 5.96 Å². The van der Waals surface area contributed by atoms with Crippen molar-refractivity contribution in [1.82, 2.24) is 15.1 Å². The molecule has 29 heavy (non-hydrogen) atoms. The Balaban J connectivity index is 0.00000204.